The minimum absolute atomic E-state index is 0.119. The number of nitrogens with zero attached hydrogens (tertiary/aromatic N) is 1. The van der Waals surface area contributed by atoms with Crippen LogP contribution in [0.3, 0.4) is 0 Å². The van der Waals surface area contributed by atoms with E-state index in [-0.39, 0.29) is 6.17 Å². The van der Waals surface area contributed by atoms with Gasteiger partial charge in [-0.2, -0.15) is 0 Å². The third-order valence-electron chi connectivity index (χ3n) is 3.77. The van der Waals surface area contributed by atoms with E-state index >= 15 is 0 Å². The predicted molar refractivity (Wildman–Crippen MR) is 101 cm³/mol. The molecular weight excluding hydrogens is 294 g/mol. The van der Waals surface area contributed by atoms with Crippen molar-refractivity contribution in [2.45, 2.75) is 12.7 Å². The molecule has 3 N–H and O–H groups in total. The minimum Gasteiger partial charge on any atom is -0.399 e. The lowest BCUT2D eigenvalue weighted by Gasteiger charge is -2.15. The summed E-state index contributed by atoms with van der Waals surface area (Å²) in [5.41, 5.74) is 9.96. The molecule has 0 aromatic heterocycles. The maximum absolute atomic E-state index is 5.80. The number of rotatable bonds is 6. The van der Waals surface area contributed by atoms with Gasteiger partial charge in [0.05, 0.1) is 0 Å². The lowest BCUT2D eigenvalue weighted by atomic mass is 10.1. The highest BCUT2D eigenvalue weighted by Gasteiger charge is 2.08. The number of nitrogen functional groups attached to an aromatic ring is 1. The molecule has 24 heavy (non-hydrogen) atoms. The van der Waals surface area contributed by atoms with Crippen LogP contribution in [0.1, 0.15) is 22.9 Å². The summed E-state index contributed by atoms with van der Waals surface area (Å²) in [6, 6.07) is 28.3. The maximum atomic E-state index is 5.80. The molecule has 3 aromatic carbocycles. The Balaban J connectivity index is 1.77. The molecule has 1 atom stereocenters. The normalized spacial score (nSPS) is 12.3. The molecule has 0 aliphatic rings. The van der Waals surface area contributed by atoms with E-state index < -0.39 is 0 Å². The molecule has 0 bridgehead atoms. The van der Waals surface area contributed by atoms with Crippen LogP contribution in [0.2, 0.25) is 0 Å². The number of benzene rings is 3. The fourth-order valence-electron chi connectivity index (χ4n) is 2.45. The van der Waals surface area contributed by atoms with Gasteiger partial charge in [0.2, 0.25) is 0 Å². The molecule has 3 heteroatoms. The molecule has 0 spiro atoms. The van der Waals surface area contributed by atoms with E-state index in [9.17, 15) is 0 Å². The van der Waals surface area contributed by atoms with Crippen molar-refractivity contribution in [1.82, 2.24) is 5.32 Å². The molecule has 0 aliphatic heterocycles. The van der Waals surface area contributed by atoms with Crippen LogP contribution in [0, 0.1) is 0 Å². The summed E-state index contributed by atoms with van der Waals surface area (Å²) in [4.78, 5) is 4.73. The van der Waals surface area contributed by atoms with Crippen molar-refractivity contribution in [2.24, 2.45) is 4.99 Å². The van der Waals surface area contributed by atoms with Gasteiger partial charge in [-0.1, -0.05) is 72.8 Å². The van der Waals surface area contributed by atoms with E-state index in [2.05, 4.69) is 17.4 Å². The molecule has 120 valence electrons. The van der Waals surface area contributed by atoms with Crippen molar-refractivity contribution in [2.75, 3.05) is 5.73 Å². The summed E-state index contributed by atoms with van der Waals surface area (Å²) in [7, 11) is 0. The quantitative estimate of drug-likeness (QED) is 0.529. The molecule has 0 aliphatic carbocycles. The third-order valence-corrected chi connectivity index (χ3v) is 3.77. The van der Waals surface area contributed by atoms with Gasteiger partial charge in [-0.25, -0.2) is 0 Å². The SMILES string of the molecule is Nc1ccc(C(/N=C/c2ccccc2)NCc2ccccc2)cc1. The number of nitrogens with two attached hydrogens (primary N) is 1. The zero-order valence-electron chi connectivity index (χ0n) is 13.5. The molecule has 0 fully saturated rings. The highest BCUT2D eigenvalue weighted by molar-refractivity contribution is 5.79. The van der Waals surface area contributed by atoms with Gasteiger partial charge >= 0.3 is 0 Å². The molecule has 0 saturated carbocycles. The monoisotopic (exact) mass is 315 g/mol. The van der Waals surface area contributed by atoms with Gasteiger partial charge < -0.3 is 5.73 Å². The lowest BCUT2D eigenvalue weighted by Crippen LogP contribution is -2.19. The summed E-state index contributed by atoms with van der Waals surface area (Å²) in [5, 5.41) is 3.50. The van der Waals surface area contributed by atoms with Crippen LogP contribution in [0.5, 0.6) is 0 Å². The van der Waals surface area contributed by atoms with Crippen LogP contribution in [-0.2, 0) is 6.54 Å². The second kappa shape index (κ2) is 8.09. The Morgan fingerprint density at radius 3 is 2.12 bits per heavy atom. The number of nitrogens with one attached hydrogen (secondary N) is 1. The molecule has 0 saturated heterocycles. The fourth-order valence-corrected chi connectivity index (χ4v) is 2.45. The average Bonchev–Trinajstić information content (AvgIpc) is 2.64. The number of aliphatic imine (C=N–C) groups is 1. The second-order valence-corrected chi connectivity index (χ2v) is 5.62. The Labute approximate surface area is 142 Å². The summed E-state index contributed by atoms with van der Waals surface area (Å²) < 4.78 is 0. The third kappa shape index (κ3) is 4.54. The predicted octanol–water partition coefficient (Wildman–Crippen LogP) is 4.18. The summed E-state index contributed by atoms with van der Waals surface area (Å²) in [6.07, 6.45) is 1.78. The van der Waals surface area contributed by atoms with E-state index in [1.165, 1.54) is 5.56 Å². The summed E-state index contributed by atoms with van der Waals surface area (Å²) >= 11 is 0. The van der Waals surface area contributed by atoms with Crippen molar-refractivity contribution in [3.05, 3.63) is 102 Å². The number of anilines is 1. The van der Waals surface area contributed by atoms with Crippen LogP contribution < -0.4 is 11.1 Å². The van der Waals surface area contributed by atoms with E-state index in [1.807, 2.05) is 79.0 Å². The van der Waals surface area contributed by atoms with Gasteiger partial charge in [0, 0.05) is 18.4 Å². The molecule has 0 heterocycles. The van der Waals surface area contributed by atoms with Gasteiger partial charge in [-0.05, 0) is 28.8 Å². The first-order chi connectivity index (χ1) is 11.8. The van der Waals surface area contributed by atoms with E-state index in [4.69, 9.17) is 10.7 Å². The van der Waals surface area contributed by atoms with Crippen LogP contribution >= 0.6 is 0 Å². The van der Waals surface area contributed by atoms with Crippen LogP contribution in [0.15, 0.2) is 89.9 Å². The highest BCUT2D eigenvalue weighted by atomic mass is 15.1. The van der Waals surface area contributed by atoms with Gasteiger partial charge in [0.25, 0.3) is 0 Å². The van der Waals surface area contributed by atoms with Crippen molar-refractivity contribution in [3.63, 3.8) is 0 Å². The van der Waals surface area contributed by atoms with Gasteiger partial charge in [0.15, 0.2) is 0 Å². The Morgan fingerprint density at radius 2 is 1.46 bits per heavy atom. The van der Waals surface area contributed by atoms with Crippen LogP contribution in [0.25, 0.3) is 0 Å². The highest BCUT2D eigenvalue weighted by Crippen LogP contribution is 2.17. The molecule has 0 radical (unpaired) electrons. The zero-order chi connectivity index (χ0) is 16.6. The number of hydrogen-bond donors (Lipinski definition) is 2. The minimum atomic E-state index is -0.119. The summed E-state index contributed by atoms with van der Waals surface area (Å²) in [6.45, 7) is 0.752. The van der Waals surface area contributed by atoms with Crippen molar-refractivity contribution >= 4 is 11.9 Å². The molecule has 1 unspecified atom stereocenters. The van der Waals surface area contributed by atoms with Gasteiger partial charge in [-0.3, -0.25) is 10.3 Å². The second-order valence-electron chi connectivity index (χ2n) is 5.62. The number of hydrogen-bond acceptors (Lipinski definition) is 3. The molecular formula is C21H21N3. The zero-order valence-corrected chi connectivity index (χ0v) is 13.5. The topological polar surface area (TPSA) is 50.4 Å². The lowest BCUT2D eigenvalue weighted by molar-refractivity contribution is 0.556. The van der Waals surface area contributed by atoms with Crippen molar-refractivity contribution in [3.8, 4) is 0 Å². The molecule has 3 rings (SSSR count). The largest absolute Gasteiger partial charge is 0.399 e. The standard InChI is InChI=1S/C21H21N3/c22-20-13-11-19(12-14-20)21(23-15-17-7-3-1-4-8-17)24-16-18-9-5-2-6-10-18/h1-15,21,24H,16,22H2/b23-15+. The van der Waals surface area contributed by atoms with Crippen LogP contribution in [-0.4, -0.2) is 6.21 Å². The van der Waals surface area contributed by atoms with Crippen molar-refractivity contribution < 1.29 is 0 Å². The maximum Gasteiger partial charge on any atom is 0.125 e. The average molecular weight is 315 g/mol. The van der Waals surface area contributed by atoms with E-state index in [1.54, 1.807) is 0 Å². The Morgan fingerprint density at radius 1 is 0.833 bits per heavy atom. The summed E-state index contributed by atoms with van der Waals surface area (Å²) in [5.74, 6) is 0. The van der Waals surface area contributed by atoms with E-state index in [0.717, 1.165) is 23.4 Å². The van der Waals surface area contributed by atoms with E-state index in [0.29, 0.717) is 0 Å². The molecule has 3 aromatic rings. The Bertz CT molecular complexity index is 765. The fraction of sp³-hybridized carbons (Fsp3) is 0.0952. The first kappa shape index (κ1) is 16.0. The first-order valence-corrected chi connectivity index (χ1v) is 8.02. The molecule has 0 amide bonds. The van der Waals surface area contributed by atoms with Gasteiger partial charge in [0.1, 0.15) is 6.17 Å². The Hall–Kier alpha value is -2.91. The Kier molecular flexibility index (Phi) is 5.38. The first-order valence-electron chi connectivity index (χ1n) is 8.02. The van der Waals surface area contributed by atoms with Gasteiger partial charge in [-0.15, -0.1) is 0 Å². The van der Waals surface area contributed by atoms with Crippen LogP contribution in [0.4, 0.5) is 5.69 Å². The molecule has 3 nitrogen and oxygen atoms in total. The smallest absolute Gasteiger partial charge is 0.125 e. The van der Waals surface area contributed by atoms with Crippen molar-refractivity contribution in [1.29, 1.82) is 0 Å².